The van der Waals surface area contributed by atoms with E-state index in [9.17, 15) is 8.42 Å². The normalized spacial score (nSPS) is 28.8. The van der Waals surface area contributed by atoms with Crippen molar-refractivity contribution in [1.82, 2.24) is 10.6 Å². The van der Waals surface area contributed by atoms with E-state index < -0.39 is 9.84 Å². The number of ether oxygens (including phenoxy) is 1. The Labute approximate surface area is 138 Å². The van der Waals surface area contributed by atoms with Crippen LogP contribution in [-0.2, 0) is 14.6 Å². The summed E-state index contributed by atoms with van der Waals surface area (Å²) in [7, 11) is -3.12. The minimum Gasteiger partial charge on any atom is -0.381 e. The van der Waals surface area contributed by atoms with Gasteiger partial charge in [-0.2, -0.15) is 0 Å². The largest absolute Gasteiger partial charge is 0.381 e. The molecule has 0 spiro atoms. The number of hydrogen-bond donors (Lipinski definition) is 2. The molecule has 128 valence electrons. The van der Waals surface area contributed by atoms with E-state index in [0.29, 0.717) is 22.9 Å². The summed E-state index contributed by atoms with van der Waals surface area (Å²) < 4.78 is 28.5. The first-order valence-corrected chi connectivity index (χ1v) is 10.3. The highest BCUT2D eigenvalue weighted by atomic mass is 32.2. The van der Waals surface area contributed by atoms with Gasteiger partial charge in [0.15, 0.2) is 9.84 Å². The molecule has 2 saturated heterocycles. The Kier molecular flexibility index (Phi) is 5.36. The lowest BCUT2D eigenvalue weighted by atomic mass is 9.88. The number of nitrogens with one attached hydrogen (secondary N) is 2. The molecule has 0 aliphatic carbocycles. The second kappa shape index (κ2) is 7.30. The van der Waals surface area contributed by atoms with E-state index in [1.54, 1.807) is 12.1 Å². The Morgan fingerprint density at radius 1 is 1.26 bits per heavy atom. The van der Waals surface area contributed by atoms with Crippen LogP contribution >= 0.6 is 0 Å². The average molecular weight is 338 g/mol. The maximum atomic E-state index is 11.6. The van der Waals surface area contributed by atoms with Gasteiger partial charge >= 0.3 is 0 Å². The molecule has 0 bridgehead atoms. The van der Waals surface area contributed by atoms with Gasteiger partial charge in [0.1, 0.15) is 0 Å². The molecule has 0 saturated carbocycles. The summed E-state index contributed by atoms with van der Waals surface area (Å²) in [6.45, 7) is 3.74. The number of rotatable bonds is 5. The molecule has 6 heteroatoms. The number of hydrogen-bond acceptors (Lipinski definition) is 5. The number of sulfone groups is 1. The lowest BCUT2D eigenvalue weighted by Crippen LogP contribution is -2.48. The molecule has 2 fully saturated rings. The molecule has 0 aromatic heterocycles. The molecular weight excluding hydrogens is 312 g/mol. The molecule has 1 aromatic rings. The molecule has 2 N–H and O–H groups in total. The second-order valence-corrected chi connectivity index (χ2v) is 8.72. The summed E-state index contributed by atoms with van der Waals surface area (Å²) in [6, 6.07) is 7.39. The molecule has 2 aliphatic heterocycles. The molecule has 3 rings (SSSR count). The third-order valence-electron chi connectivity index (χ3n) is 4.86. The van der Waals surface area contributed by atoms with Gasteiger partial charge in [-0.1, -0.05) is 12.1 Å². The van der Waals surface area contributed by atoms with Crippen molar-refractivity contribution in [3.8, 4) is 0 Å². The quantitative estimate of drug-likeness (QED) is 0.852. The van der Waals surface area contributed by atoms with Crippen LogP contribution in [0.15, 0.2) is 29.2 Å². The van der Waals surface area contributed by atoms with E-state index in [1.807, 2.05) is 12.1 Å². The highest BCUT2D eigenvalue weighted by Crippen LogP contribution is 2.28. The van der Waals surface area contributed by atoms with Crippen molar-refractivity contribution in [3.05, 3.63) is 29.8 Å². The Balaban J connectivity index is 1.57. The van der Waals surface area contributed by atoms with Crippen LogP contribution in [0.1, 0.15) is 30.7 Å². The Hall–Kier alpha value is -0.950. The van der Waals surface area contributed by atoms with Crippen LogP contribution in [0.5, 0.6) is 0 Å². The van der Waals surface area contributed by atoms with Crippen molar-refractivity contribution < 1.29 is 13.2 Å². The number of benzene rings is 1. The van der Waals surface area contributed by atoms with Crippen molar-refractivity contribution in [2.75, 3.05) is 32.6 Å². The van der Waals surface area contributed by atoms with Gasteiger partial charge in [0.2, 0.25) is 0 Å². The molecule has 0 amide bonds. The van der Waals surface area contributed by atoms with Crippen LogP contribution in [-0.4, -0.2) is 47.1 Å². The maximum absolute atomic E-state index is 11.6. The fourth-order valence-electron chi connectivity index (χ4n) is 3.42. The van der Waals surface area contributed by atoms with E-state index in [-0.39, 0.29) is 0 Å². The highest BCUT2D eigenvalue weighted by molar-refractivity contribution is 7.90. The van der Waals surface area contributed by atoms with Crippen molar-refractivity contribution >= 4 is 9.84 Å². The van der Waals surface area contributed by atoms with Crippen LogP contribution in [0.4, 0.5) is 0 Å². The van der Waals surface area contributed by atoms with Gasteiger partial charge < -0.3 is 15.4 Å². The van der Waals surface area contributed by atoms with E-state index >= 15 is 0 Å². The van der Waals surface area contributed by atoms with Crippen LogP contribution in [0.25, 0.3) is 0 Å². The topological polar surface area (TPSA) is 67.4 Å². The van der Waals surface area contributed by atoms with E-state index in [1.165, 1.54) is 11.8 Å². The molecule has 23 heavy (non-hydrogen) atoms. The Morgan fingerprint density at radius 3 is 2.70 bits per heavy atom. The van der Waals surface area contributed by atoms with Gasteiger partial charge in [0.25, 0.3) is 0 Å². The standard InChI is InChI=1S/C17H26N2O3S/c1-23(20,21)16-4-2-14(3-5-16)15-6-8-18-17(10-15)19-11-13-7-9-22-12-13/h2-5,13,15,17-19H,6-12H2,1H3. The van der Waals surface area contributed by atoms with Crippen molar-refractivity contribution in [2.45, 2.75) is 36.2 Å². The van der Waals surface area contributed by atoms with E-state index in [0.717, 1.165) is 45.6 Å². The first-order valence-electron chi connectivity index (χ1n) is 8.37. The van der Waals surface area contributed by atoms with Crippen molar-refractivity contribution in [3.63, 3.8) is 0 Å². The fraction of sp³-hybridized carbons (Fsp3) is 0.647. The zero-order valence-electron chi connectivity index (χ0n) is 13.6. The molecule has 5 nitrogen and oxygen atoms in total. The highest BCUT2D eigenvalue weighted by Gasteiger charge is 2.24. The van der Waals surface area contributed by atoms with Crippen LogP contribution < -0.4 is 10.6 Å². The zero-order chi connectivity index (χ0) is 16.3. The van der Waals surface area contributed by atoms with Gasteiger partial charge in [-0.3, -0.25) is 0 Å². The second-order valence-electron chi connectivity index (χ2n) is 6.71. The molecule has 1 aromatic carbocycles. The van der Waals surface area contributed by atoms with Crippen LogP contribution in [0, 0.1) is 5.92 Å². The lowest BCUT2D eigenvalue weighted by molar-refractivity contribution is 0.183. The predicted molar refractivity (Wildman–Crippen MR) is 90.2 cm³/mol. The van der Waals surface area contributed by atoms with Gasteiger partial charge in [0.05, 0.1) is 17.7 Å². The third kappa shape index (κ3) is 4.53. The summed E-state index contributed by atoms with van der Waals surface area (Å²) in [5.74, 6) is 1.11. The minimum absolute atomic E-state index is 0.323. The van der Waals surface area contributed by atoms with Gasteiger partial charge in [0, 0.05) is 19.4 Å². The summed E-state index contributed by atoms with van der Waals surface area (Å²) in [5.41, 5.74) is 1.23. The zero-order valence-corrected chi connectivity index (χ0v) is 14.4. The molecule has 0 radical (unpaired) electrons. The molecule has 3 unspecified atom stereocenters. The maximum Gasteiger partial charge on any atom is 0.175 e. The molecule has 3 atom stereocenters. The van der Waals surface area contributed by atoms with Crippen molar-refractivity contribution in [1.29, 1.82) is 0 Å². The Bertz CT molecular complexity index is 609. The van der Waals surface area contributed by atoms with E-state index in [2.05, 4.69) is 10.6 Å². The van der Waals surface area contributed by atoms with Gasteiger partial charge in [-0.15, -0.1) is 0 Å². The molecule has 2 heterocycles. The predicted octanol–water partition coefficient (Wildman–Crippen LogP) is 1.51. The SMILES string of the molecule is CS(=O)(=O)c1ccc(C2CCNC(NCC3CCOC3)C2)cc1. The van der Waals surface area contributed by atoms with Crippen LogP contribution in [0.2, 0.25) is 0 Å². The summed E-state index contributed by atoms with van der Waals surface area (Å²) >= 11 is 0. The smallest absolute Gasteiger partial charge is 0.175 e. The van der Waals surface area contributed by atoms with Crippen molar-refractivity contribution in [2.24, 2.45) is 5.92 Å². The summed E-state index contributed by atoms with van der Waals surface area (Å²) in [4.78, 5) is 0.395. The monoisotopic (exact) mass is 338 g/mol. The van der Waals surface area contributed by atoms with Crippen LogP contribution in [0.3, 0.4) is 0 Å². The third-order valence-corrected chi connectivity index (χ3v) is 5.99. The minimum atomic E-state index is -3.12. The lowest BCUT2D eigenvalue weighted by Gasteiger charge is -2.32. The summed E-state index contributed by atoms with van der Waals surface area (Å²) in [5, 5.41) is 7.14. The first-order chi connectivity index (χ1) is 11.0. The van der Waals surface area contributed by atoms with Gasteiger partial charge in [-0.25, -0.2) is 8.42 Å². The molecule has 2 aliphatic rings. The average Bonchev–Trinajstić information content (AvgIpc) is 3.06. The Morgan fingerprint density at radius 2 is 2.04 bits per heavy atom. The fourth-order valence-corrected chi connectivity index (χ4v) is 4.05. The summed E-state index contributed by atoms with van der Waals surface area (Å²) in [6.07, 6.45) is 4.84. The first kappa shape index (κ1) is 16.9. The molecular formula is C17H26N2O3S. The van der Waals surface area contributed by atoms with Gasteiger partial charge in [-0.05, 0) is 55.3 Å². The van der Waals surface area contributed by atoms with E-state index in [4.69, 9.17) is 4.74 Å². The number of piperidine rings is 1.